The first-order valence-corrected chi connectivity index (χ1v) is 15.6. The SMILES string of the molecule is CC/C=C\CC(O)/C=C/C=C/C/C=C\C/C=C\C/C=C\CCC(=O)OC[C@@H](O)COC(=O)CCCCCCCCC. The van der Waals surface area contributed by atoms with Crippen LogP contribution >= 0.6 is 0 Å². The Morgan fingerprint density at radius 2 is 1.20 bits per heavy atom. The van der Waals surface area contributed by atoms with Crippen LogP contribution in [0.25, 0.3) is 0 Å². The van der Waals surface area contributed by atoms with E-state index in [9.17, 15) is 19.8 Å². The lowest BCUT2D eigenvalue weighted by molar-refractivity contribution is -0.152. The molecule has 0 spiro atoms. The summed E-state index contributed by atoms with van der Waals surface area (Å²) < 4.78 is 10.1. The molecule has 0 saturated heterocycles. The Hall–Kier alpha value is -2.70. The van der Waals surface area contributed by atoms with Crippen molar-refractivity contribution in [3.8, 4) is 0 Å². The largest absolute Gasteiger partial charge is 0.463 e. The normalized spacial score (nSPS) is 14.0. The van der Waals surface area contributed by atoms with Crippen molar-refractivity contribution in [2.75, 3.05) is 13.2 Å². The maximum atomic E-state index is 11.8. The zero-order valence-corrected chi connectivity index (χ0v) is 25.6. The summed E-state index contributed by atoms with van der Waals surface area (Å²) in [5.41, 5.74) is 0. The van der Waals surface area contributed by atoms with Crippen molar-refractivity contribution in [3.63, 3.8) is 0 Å². The first kappa shape index (κ1) is 38.3. The molecule has 41 heavy (non-hydrogen) atoms. The van der Waals surface area contributed by atoms with E-state index < -0.39 is 12.2 Å². The highest BCUT2D eigenvalue weighted by Gasteiger charge is 2.11. The highest BCUT2D eigenvalue weighted by molar-refractivity contribution is 5.70. The van der Waals surface area contributed by atoms with Gasteiger partial charge in [0.2, 0.25) is 0 Å². The van der Waals surface area contributed by atoms with Gasteiger partial charge in [0.25, 0.3) is 0 Å². The van der Waals surface area contributed by atoms with Crippen molar-refractivity contribution in [2.45, 2.75) is 122 Å². The van der Waals surface area contributed by atoms with Crippen molar-refractivity contribution < 1.29 is 29.3 Å². The molecule has 0 heterocycles. The molecule has 1 unspecified atom stereocenters. The first-order chi connectivity index (χ1) is 20.0. The molecule has 0 amide bonds. The van der Waals surface area contributed by atoms with Gasteiger partial charge in [-0.05, 0) is 44.9 Å². The summed E-state index contributed by atoms with van der Waals surface area (Å²) in [6.07, 6.45) is 35.9. The molecule has 0 aliphatic rings. The standard InChI is InChI=1S/C35H56O6/c1-3-5-7-8-16-20-24-28-34(38)40-30-33(37)31-41-35(39)29-25-21-18-15-13-11-9-10-12-14-17-19-23-27-32(36)26-22-6-4-2/h6,10-13,17-19,21-23,27,32-33,36-37H,3-5,7-9,14-16,20,24-26,28-31H2,1-2H3/b12-10-,13-11-,19-17+,21-18-,22-6-,27-23+/t32?,33-/m0/s1. The molecule has 0 bridgehead atoms. The van der Waals surface area contributed by atoms with E-state index in [-0.39, 0.29) is 31.6 Å². The van der Waals surface area contributed by atoms with Gasteiger partial charge in [0.15, 0.2) is 0 Å². The predicted molar refractivity (Wildman–Crippen MR) is 169 cm³/mol. The Labute approximate surface area is 249 Å². The number of carbonyl (C=O) groups is 2. The smallest absolute Gasteiger partial charge is 0.306 e. The lowest BCUT2D eigenvalue weighted by Crippen LogP contribution is -2.25. The molecule has 0 aliphatic heterocycles. The minimum Gasteiger partial charge on any atom is -0.463 e. The third kappa shape index (κ3) is 30.1. The molecule has 2 N–H and O–H groups in total. The second-order valence-electron chi connectivity index (χ2n) is 10.0. The minimum atomic E-state index is -1.00. The number of aliphatic hydroxyl groups excluding tert-OH is 2. The third-order valence-electron chi connectivity index (χ3n) is 6.05. The van der Waals surface area contributed by atoms with Crippen LogP contribution in [0, 0.1) is 0 Å². The topological polar surface area (TPSA) is 93.1 Å². The summed E-state index contributed by atoms with van der Waals surface area (Å²) in [6.45, 7) is 3.94. The van der Waals surface area contributed by atoms with Crippen molar-refractivity contribution in [1.82, 2.24) is 0 Å². The van der Waals surface area contributed by atoms with Crippen molar-refractivity contribution in [2.24, 2.45) is 0 Å². The average Bonchev–Trinajstić information content (AvgIpc) is 2.96. The molecule has 0 rings (SSSR count). The maximum absolute atomic E-state index is 11.8. The highest BCUT2D eigenvalue weighted by Crippen LogP contribution is 2.09. The van der Waals surface area contributed by atoms with Crippen LogP contribution in [0.15, 0.2) is 72.9 Å². The van der Waals surface area contributed by atoms with Crippen LogP contribution in [-0.2, 0) is 19.1 Å². The molecule has 0 radical (unpaired) electrons. The van der Waals surface area contributed by atoms with Crippen LogP contribution in [0.3, 0.4) is 0 Å². The minimum absolute atomic E-state index is 0.152. The van der Waals surface area contributed by atoms with Gasteiger partial charge < -0.3 is 19.7 Å². The third-order valence-corrected chi connectivity index (χ3v) is 6.05. The van der Waals surface area contributed by atoms with E-state index in [1.165, 1.54) is 25.7 Å². The van der Waals surface area contributed by atoms with Crippen molar-refractivity contribution in [3.05, 3.63) is 72.9 Å². The van der Waals surface area contributed by atoms with Crippen LogP contribution in [0.2, 0.25) is 0 Å². The molecule has 0 aromatic carbocycles. The van der Waals surface area contributed by atoms with Crippen LogP contribution < -0.4 is 0 Å². The molecule has 2 atom stereocenters. The number of esters is 2. The van der Waals surface area contributed by atoms with Gasteiger partial charge in [0.05, 0.1) is 6.10 Å². The van der Waals surface area contributed by atoms with E-state index in [2.05, 4.69) is 44.2 Å². The molecule has 0 saturated carbocycles. The van der Waals surface area contributed by atoms with E-state index in [0.29, 0.717) is 19.3 Å². The molecule has 0 aromatic heterocycles. The van der Waals surface area contributed by atoms with Crippen molar-refractivity contribution in [1.29, 1.82) is 0 Å². The Balaban J connectivity index is 3.72. The van der Waals surface area contributed by atoms with Crippen molar-refractivity contribution >= 4 is 11.9 Å². The van der Waals surface area contributed by atoms with E-state index in [1.54, 1.807) is 6.08 Å². The van der Waals surface area contributed by atoms with Gasteiger partial charge >= 0.3 is 11.9 Å². The van der Waals surface area contributed by atoms with Gasteiger partial charge in [-0.1, -0.05) is 125 Å². The molecular formula is C35H56O6. The van der Waals surface area contributed by atoms with Gasteiger partial charge in [-0.3, -0.25) is 9.59 Å². The molecule has 0 aromatic rings. The number of hydrogen-bond donors (Lipinski definition) is 2. The van der Waals surface area contributed by atoms with Crippen LogP contribution in [0.4, 0.5) is 0 Å². The van der Waals surface area contributed by atoms with Gasteiger partial charge in [0, 0.05) is 12.8 Å². The number of rotatable bonds is 26. The van der Waals surface area contributed by atoms with E-state index in [1.807, 2.05) is 36.5 Å². The van der Waals surface area contributed by atoms with E-state index in [4.69, 9.17) is 9.47 Å². The monoisotopic (exact) mass is 572 g/mol. The second-order valence-corrected chi connectivity index (χ2v) is 10.0. The lowest BCUT2D eigenvalue weighted by atomic mass is 10.1. The second kappa shape index (κ2) is 30.3. The fourth-order valence-electron chi connectivity index (χ4n) is 3.66. The van der Waals surface area contributed by atoms with Crippen LogP contribution in [0.5, 0.6) is 0 Å². The number of carbonyl (C=O) groups excluding carboxylic acids is 2. The van der Waals surface area contributed by atoms with Gasteiger partial charge in [0.1, 0.15) is 19.3 Å². The summed E-state index contributed by atoms with van der Waals surface area (Å²) in [4.78, 5) is 23.6. The number of allylic oxidation sites excluding steroid dienone is 10. The van der Waals surface area contributed by atoms with Gasteiger partial charge in [-0.2, -0.15) is 0 Å². The highest BCUT2D eigenvalue weighted by atomic mass is 16.6. The molecular weight excluding hydrogens is 516 g/mol. The number of ether oxygens (including phenoxy) is 2. The zero-order chi connectivity index (χ0) is 30.2. The fourth-order valence-corrected chi connectivity index (χ4v) is 3.66. The molecule has 0 fully saturated rings. The molecule has 6 nitrogen and oxygen atoms in total. The quantitative estimate of drug-likeness (QED) is 0.0472. The fraction of sp³-hybridized carbons (Fsp3) is 0.600. The Kier molecular flexibility index (Phi) is 28.3. The molecule has 232 valence electrons. The van der Waals surface area contributed by atoms with Gasteiger partial charge in [-0.15, -0.1) is 0 Å². The summed E-state index contributed by atoms with van der Waals surface area (Å²) in [6, 6.07) is 0. The first-order valence-electron chi connectivity index (χ1n) is 15.6. The van der Waals surface area contributed by atoms with E-state index >= 15 is 0 Å². The number of aliphatic hydroxyl groups is 2. The van der Waals surface area contributed by atoms with E-state index in [0.717, 1.165) is 44.9 Å². The summed E-state index contributed by atoms with van der Waals surface area (Å²) in [5, 5.41) is 19.6. The number of hydrogen-bond acceptors (Lipinski definition) is 6. The zero-order valence-electron chi connectivity index (χ0n) is 25.6. The van der Waals surface area contributed by atoms with Gasteiger partial charge in [-0.25, -0.2) is 0 Å². The Morgan fingerprint density at radius 1 is 0.634 bits per heavy atom. The summed E-state index contributed by atoms with van der Waals surface area (Å²) in [5.74, 6) is -0.697. The number of unbranched alkanes of at least 4 members (excludes halogenated alkanes) is 6. The lowest BCUT2D eigenvalue weighted by Gasteiger charge is -2.12. The maximum Gasteiger partial charge on any atom is 0.306 e. The summed E-state index contributed by atoms with van der Waals surface area (Å²) in [7, 11) is 0. The van der Waals surface area contributed by atoms with Crippen LogP contribution in [0.1, 0.15) is 110 Å². The van der Waals surface area contributed by atoms with Crippen LogP contribution in [-0.4, -0.2) is 47.6 Å². The Bertz CT molecular complexity index is 805. The summed E-state index contributed by atoms with van der Waals surface area (Å²) >= 11 is 0. The molecule has 0 aliphatic carbocycles. The Morgan fingerprint density at radius 3 is 1.83 bits per heavy atom. The predicted octanol–water partition coefficient (Wildman–Crippen LogP) is 8.02. The molecule has 6 heteroatoms. The average molecular weight is 573 g/mol.